The van der Waals surface area contributed by atoms with Gasteiger partial charge in [0.25, 0.3) is 0 Å². The molecule has 0 spiro atoms. The van der Waals surface area contributed by atoms with E-state index in [1.165, 1.54) is 40.9 Å². The first-order valence-electron chi connectivity index (χ1n) is 7.42. The van der Waals surface area contributed by atoms with E-state index < -0.39 is 0 Å². The maximum absolute atomic E-state index is 12.9. The quantitative estimate of drug-likeness (QED) is 0.348. The number of rotatable bonds is 8. The van der Waals surface area contributed by atoms with Crippen molar-refractivity contribution in [2.24, 2.45) is 0 Å². The smallest absolute Gasteiger partial charge is 0.209 e. The molecular formula is C16H15FN4OS2. The molecule has 124 valence electrons. The van der Waals surface area contributed by atoms with Gasteiger partial charge in [0, 0.05) is 22.6 Å². The molecule has 0 N–H and O–H groups in total. The van der Waals surface area contributed by atoms with E-state index in [-0.39, 0.29) is 11.6 Å². The van der Waals surface area contributed by atoms with Crippen LogP contribution in [0.4, 0.5) is 4.39 Å². The molecule has 2 aromatic heterocycles. The number of benzene rings is 1. The van der Waals surface area contributed by atoms with E-state index >= 15 is 0 Å². The van der Waals surface area contributed by atoms with Crippen molar-refractivity contribution in [2.45, 2.75) is 24.5 Å². The van der Waals surface area contributed by atoms with E-state index in [0.29, 0.717) is 24.9 Å². The lowest BCUT2D eigenvalue weighted by Gasteiger charge is -2.03. The molecule has 0 aliphatic carbocycles. The highest BCUT2D eigenvalue weighted by atomic mass is 32.2. The van der Waals surface area contributed by atoms with E-state index in [2.05, 4.69) is 15.5 Å². The second-order valence-corrected chi connectivity index (χ2v) is 7.17. The molecular weight excluding hydrogens is 347 g/mol. The summed E-state index contributed by atoms with van der Waals surface area (Å²) in [5, 5.41) is 14.5. The standard InChI is InChI=1S/C16H15FN4OS2/c17-13-7-5-12(6-8-13)15(22)4-2-10-24-16-18-19-20-21(16)11-14-3-1-9-23-14/h1,3,5-9H,2,4,10-11H2. The number of carbonyl (C=O) groups is 1. The molecule has 0 amide bonds. The second kappa shape index (κ2) is 8.16. The van der Waals surface area contributed by atoms with Crippen LogP contribution in [0.5, 0.6) is 0 Å². The molecule has 0 radical (unpaired) electrons. The fraction of sp³-hybridized carbons (Fsp3) is 0.250. The SMILES string of the molecule is O=C(CCCSc1nnnn1Cc1cccs1)c1ccc(F)cc1. The highest BCUT2D eigenvalue weighted by Gasteiger charge is 2.10. The summed E-state index contributed by atoms with van der Waals surface area (Å²) in [6, 6.07) is 9.70. The van der Waals surface area contributed by atoms with Gasteiger partial charge in [0.2, 0.25) is 5.16 Å². The molecule has 0 atom stereocenters. The van der Waals surface area contributed by atoms with E-state index in [9.17, 15) is 9.18 Å². The molecule has 0 aliphatic rings. The van der Waals surface area contributed by atoms with E-state index in [1.54, 1.807) is 16.0 Å². The number of thioether (sulfide) groups is 1. The van der Waals surface area contributed by atoms with Crippen molar-refractivity contribution in [1.29, 1.82) is 0 Å². The van der Waals surface area contributed by atoms with Gasteiger partial charge in [-0.3, -0.25) is 4.79 Å². The minimum absolute atomic E-state index is 0.0220. The first kappa shape index (κ1) is 16.8. The lowest BCUT2D eigenvalue weighted by Crippen LogP contribution is -2.03. The Labute approximate surface area is 146 Å². The number of thiophene rings is 1. The number of halogens is 1. The molecule has 0 bridgehead atoms. The van der Waals surface area contributed by atoms with Crippen LogP contribution in [-0.2, 0) is 6.54 Å². The van der Waals surface area contributed by atoms with Crippen molar-refractivity contribution < 1.29 is 9.18 Å². The molecule has 0 unspecified atom stereocenters. The predicted octanol–water partition coefficient (Wildman–Crippen LogP) is 3.68. The number of hydrogen-bond acceptors (Lipinski definition) is 6. The van der Waals surface area contributed by atoms with Crippen LogP contribution >= 0.6 is 23.1 Å². The predicted molar refractivity (Wildman–Crippen MR) is 91.9 cm³/mol. The van der Waals surface area contributed by atoms with Gasteiger partial charge in [-0.2, -0.15) is 0 Å². The number of ketones is 1. The van der Waals surface area contributed by atoms with Gasteiger partial charge >= 0.3 is 0 Å². The van der Waals surface area contributed by atoms with Crippen LogP contribution < -0.4 is 0 Å². The summed E-state index contributed by atoms with van der Waals surface area (Å²) in [6.45, 7) is 0.654. The zero-order chi connectivity index (χ0) is 16.8. The number of aromatic nitrogens is 4. The van der Waals surface area contributed by atoms with Gasteiger partial charge in [-0.05, 0) is 52.6 Å². The Hall–Kier alpha value is -2.06. The van der Waals surface area contributed by atoms with Gasteiger partial charge < -0.3 is 0 Å². The topological polar surface area (TPSA) is 60.7 Å². The summed E-state index contributed by atoms with van der Waals surface area (Å²) >= 11 is 3.20. The van der Waals surface area contributed by atoms with Crippen molar-refractivity contribution in [2.75, 3.05) is 5.75 Å². The van der Waals surface area contributed by atoms with Crippen LogP contribution in [0.25, 0.3) is 0 Å². The number of hydrogen-bond donors (Lipinski definition) is 0. The summed E-state index contributed by atoms with van der Waals surface area (Å²) < 4.78 is 14.6. The van der Waals surface area contributed by atoms with Gasteiger partial charge in [-0.25, -0.2) is 9.07 Å². The number of tetrazole rings is 1. The van der Waals surface area contributed by atoms with Crippen molar-refractivity contribution >= 4 is 28.9 Å². The van der Waals surface area contributed by atoms with Gasteiger partial charge in [0.05, 0.1) is 6.54 Å². The van der Waals surface area contributed by atoms with Gasteiger partial charge in [-0.15, -0.1) is 16.4 Å². The average molecular weight is 362 g/mol. The molecule has 5 nitrogen and oxygen atoms in total. The molecule has 0 aliphatic heterocycles. The van der Waals surface area contributed by atoms with Crippen molar-refractivity contribution in [1.82, 2.24) is 20.2 Å². The molecule has 1 aromatic carbocycles. The second-order valence-electron chi connectivity index (χ2n) is 5.08. The normalized spacial score (nSPS) is 10.9. The number of Topliss-reactive ketones (excluding diaryl/α,β-unsaturated/α-hetero) is 1. The Kier molecular flexibility index (Phi) is 5.71. The van der Waals surface area contributed by atoms with Crippen molar-refractivity contribution in [3.05, 3.63) is 58.0 Å². The molecule has 0 fully saturated rings. The Morgan fingerprint density at radius 3 is 2.83 bits per heavy atom. The van der Waals surface area contributed by atoms with Crippen LogP contribution in [0.2, 0.25) is 0 Å². The Morgan fingerprint density at radius 2 is 2.08 bits per heavy atom. The first-order valence-corrected chi connectivity index (χ1v) is 9.29. The maximum atomic E-state index is 12.9. The zero-order valence-corrected chi connectivity index (χ0v) is 14.4. The number of nitrogens with zero attached hydrogens (tertiary/aromatic N) is 4. The molecule has 0 saturated carbocycles. The Balaban J connectivity index is 1.46. The monoisotopic (exact) mass is 362 g/mol. The molecule has 0 saturated heterocycles. The summed E-state index contributed by atoms with van der Waals surface area (Å²) in [6.07, 6.45) is 1.14. The molecule has 3 rings (SSSR count). The molecule has 8 heteroatoms. The Morgan fingerprint density at radius 1 is 1.25 bits per heavy atom. The third-order valence-electron chi connectivity index (χ3n) is 3.33. The lowest BCUT2D eigenvalue weighted by molar-refractivity contribution is 0.0982. The maximum Gasteiger partial charge on any atom is 0.209 e. The highest BCUT2D eigenvalue weighted by Crippen LogP contribution is 2.19. The lowest BCUT2D eigenvalue weighted by atomic mass is 10.1. The van der Waals surface area contributed by atoms with Crippen LogP contribution in [0.1, 0.15) is 28.1 Å². The van der Waals surface area contributed by atoms with Crippen LogP contribution in [0, 0.1) is 5.82 Å². The van der Waals surface area contributed by atoms with Crippen LogP contribution in [0.3, 0.4) is 0 Å². The minimum Gasteiger partial charge on any atom is -0.294 e. The molecule has 2 heterocycles. The summed E-state index contributed by atoms with van der Waals surface area (Å²) in [7, 11) is 0. The third-order valence-corrected chi connectivity index (χ3v) is 5.23. The van der Waals surface area contributed by atoms with E-state index in [0.717, 1.165) is 10.9 Å². The molecule has 3 aromatic rings. The third kappa shape index (κ3) is 4.48. The van der Waals surface area contributed by atoms with Crippen molar-refractivity contribution in [3.8, 4) is 0 Å². The van der Waals surface area contributed by atoms with Crippen LogP contribution in [-0.4, -0.2) is 31.7 Å². The minimum atomic E-state index is -0.334. The fourth-order valence-corrected chi connectivity index (χ4v) is 3.63. The highest BCUT2D eigenvalue weighted by molar-refractivity contribution is 7.99. The summed E-state index contributed by atoms with van der Waals surface area (Å²) in [4.78, 5) is 13.2. The van der Waals surface area contributed by atoms with Gasteiger partial charge in [0.15, 0.2) is 5.78 Å². The first-order chi connectivity index (χ1) is 11.7. The van der Waals surface area contributed by atoms with Crippen LogP contribution in [0.15, 0.2) is 46.9 Å². The average Bonchev–Trinajstić information content (AvgIpc) is 3.25. The van der Waals surface area contributed by atoms with Gasteiger partial charge in [-0.1, -0.05) is 17.8 Å². The van der Waals surface area contributed by atoms with Crippen molar-refractivity contribution in [3.63, 3.8) is 0 Å². The largest absolute Gasteiger partial charge is 0.294 e. The number of carbonyl (C=O) groups excluding carboxylic acids is 1. The zero-order valence-electron chi connectivity index (χ0n) is 12.8. The summed E-state index contributed by atoms with van der Waals surface area (Å²) in [5.74, 6) is 0.436. The van der Waals surface area contributed by atoms with Gasteiger partial charge in [0.1, 0.15) is 5.82 Å². The van der Waals surface area contributed by atoms with E-state index in [1.807, 2.05) is 17.5 Å². The Bertz CT molecular complexity index is 787. The van der Waals surface area contributed by atoms with E-state index in [4.69, 9.17) is 0 Å². The summed E-state index contributed by atoms with van der Waals surface area (Å²) in [5.41, 5.74) is 0.545. The fourth-order valence-electron chi connectivity index (χ4n) is 2.13. The molecule has 24 heavy (non-hydrogen) atoms.